The van der Waals surface area contributed by atoms with E-state index < -0.39 is 23.6 Å². The van der Waals surface area contributed by atoms with Gasteiger partial charge in [0.2, 0.25) is 11.8 Å². The van der Waals surface area contributed by atoms with Crippen LogP contribution in [-0.2, 0) is 29.3 Å². The lowest BCUT2D eigenvalue weighted by Gasteiger charge is -2.36. The van der Waals surface area contributed by atoms with Gasteiger partial charge in [-0.15, -0.1) is 0 Å². The molecule has 3 amide bonds. The molecule has 1 unspecified atom stereocenters. The Morgan fingerprint density at radius 3 is 2.51 bits per heavy atom. The maximum Gasteiger partial charge on any atom is 0.255 e. The molecular weight excluding hydrogens is 556 g/mol. The quantitative estimate of drug-likeness (QED) is 0.423. The van der Waals surface area contributed by atoms with Crippen molar-refractivity contribution in [3.8, 4) is 11.8 Å². The van der Waals surface area contributed by atoms with Crippen LogP contribution in [0.3, 0.4) is 0 Å². The normalized spacial score (nSPS) is 18.8. The fourth-order valence-electron chi connectivity index (χ4n) is 5.89. The lowest BCUT2D eigenvalue weighted by Crippen LogP contribution is -2.52. The van der Waals surface area contributed by atoms with E-state index in [1.54, 1.807) is 36.4 Å². The molecule has 1 N–H and O–H groups in total. The van der Waals surface area contributed by atoms with Crippen LogP contribution in [0.1, 0.15) is 45.5 Å². The van der Waals surface area contributed by atoms with Crippen molar-refractivity contribution < 1.29 is 27.9 Å². The molecule has 3 heterocycles. The smallest absolute Gasteiger partial charge is 0.255 e. The zero-order valence-corrected chi connectivity index (χ0v) is 23.3. The molecule has 0 aliphatic carbocycles. The second-order valence-electron chi connectivity index (χ2n) is 10.9. The number of nitrogens with one attached hydrogen (secondary N) is 1. The number of piperazine rings is 1. The summed E-state index contributed by atoms with van der Waals surface area (Å²) in [5, 5.41) is 11.3. The number of fused-ring (bicyclic) bond motifs is 1. The molecule has 11 heteroatoms. The Morgan fingerprint density at radius 1 is 0.977 bits per heavy atom. The second kappa shape index (κ2) is 11.8. The molecule has 3 aliphatic rings. The number of nitrogens with zero attached hydrogens (tertiary/aromatic N) is 4. The van der Waals surface area contributed by atoms with Gasteiger partial charge in [-0.3, -0.25) is 24.6 Å². The monoisotopic (exact) mass is 585 g/mol. The molecule has 0 saturated carbocycles. The number of benzene rings is 3. The average molecular weight is 586 g/mol. The zero-order chi connectivity index (χ0) is 30.1. The molecule has 3 aliphatic heterocycles. The fraction of sp³-hybridized carbons (Fsp3) is 0.312. The minimum absolute atomic E-state index is 0.0377. The molecule has 3 aromatic rings. The minimum atomic E-state index is -0.726. The van der Waals surface area contributed by atoms with Crippen molar-refractivity contribution in [1.82, 2.24) is 15.1 Å². The van der Waals surface area contributed by atoms with E-state index in [1.807, 2.05) is 17.0 Å². The molecular formula is C32H29F2N5O4. The number of carbonyl (C=O) groups excluding carboxylic acids is 3. The zero-order valence-electron chi connectivity index (χ0n) is 23.3. The van der Waals surface area contributed by atoms with Crippen LogP contribution in [0.2, 0.25) is 0 Å². The van der Waals surface area contributed by atoms with Gasteiger partial charge in [-0.2, -0.15) is 5.26 Å². The Balaban J connectivity index is 1.05. The highest BCUT2D eigenvalue weighted by atomic mass is 19.1. The van der Waals surface area contributed by atoms with Crippen molar-refractivity contribution in [2.75, 3.05) is 31.1 Å². The van der Waals surface area contributed by atoms with Gasteiger partial charge in [0.1, 0.15) is 30.0 Å². The molecule has 1 atom stereocenters. The van der Waals surface area contributed by atoms with Crippen LogP contribution in [0.25, 0.3) is 0 Å². The third-order valence-corrected chi connectivity index (χ3v) is 8.24. The maximum absolute atomic E-state index is 15.1. The van der Waals surface area contributed by atoms with Crippen LogP contribution in [-0.4, -0.2) is 59.7 Å². The highest BCUT2D eigenvalue weighted by Gasteiger charge is 2.40. The van der Waals surface area contributed by atoms with Crippen LogP contribution in [0, 0.1) is 23.0 Å². The number of piperidine rings is 1. The van der Waals surface area contributed by atoms with Gasteiger partial charge in [-0.1, -0.05) is 18.2 Å². The standard InChI is InChI=1S/C32H29F2N5O4/c33-25-15-21(17-37-10-12-38(13-11-37)27-7-5-20(16-35)14-26(27)34)4-6-22(25)19-43-29-3-1-2-23-24(29)18-39(32(23)42)28-8-9-30(40)36-31(28)41/h1-7,14-15,28H,8-13,17-19H2,(H,36,40,41). The van der Waals surface area contributed by atoms with Crippen molar-refractivity contribution in [2.24, 2.45) is 0 Å². The molecule has 220 valence electrons. The van der Waals surface area contributed by atoms with E-state index in [0.29, 0.717) is 60.9 Å². The van der Waals surface area contributed by atoms with E-state index in [-0.39, 0.29) is 43.4 Å². The Hall–Kier alpha value is -4.82. The highest BCUT2D eigenvalue weighted by Crippen LogP contribution is 2.34. The van der Waals surface area contributed by atoms with Crippen LogP contribution in [0.15, 0.2) is 54.6 Å². The topological polar surface area (TPSA) is 106 Å². The fourth-order valence-corrected chi connectivity index (χ4v) is 5.89. The molecule has 2 fully saturated rings. The van der Waals surface area contributed by atoms with Crippen LogP contribution < -0.4 is 15.0 Å². The first-order valence-electron chi connectivity index (χ1n) is 14.1. The van der Waals surface area contributed by atoms with Crippen molar-refractivity contribution in [3.05, 3.63) is 94.0 Å². The SMILES string of the molecule is N#Cc1ccc(N2CCN(Cc3ccc(COc4cccc5c4CN(C4CCC(=O)NC4=O)C5=O)c(F)c3)CC2)c(F)c1. The van der Waals surface area contributed by atoms with Gasteiger partial charge in [0, 0.05) is 55.8 Å². The van der Waals surface area contributed by atoms with E-state index in [0.717, 1.165) is 5.56 Å². The number of ether oxygens (including phenoxy) is 1. The molecule has 0 bridgehead atoms. The summed E-state index contributed by atoms with van der Waals surface area (Å²) in [5.41, 5.74) is 3.01. The first kappa shape index (κ1) is 28.3. The molecule has 2 saturated heterocycles. The van der Waals surface area contributed by atoms with Gasteiger partial charge in [0.25, 0.3) is 5.91 Å². The van der Waals surface area contributed by atoms with Gasteiger partial charge >= 0.3 is 0 Å². The molecule has 9 nitrogen and oxygen atoms in total. The molecule has 0 spiro atoms. The number of imide groups is 1. The minimum Gasteiger partial charge on any atom is -0.488 e. The van der Waals surface area contributed by atoms with Crippen LogP contribution in [0.4, 0.5) is 14.5 Å². The summed E-state index contributed by atoms with van der Waals surface area (Å²) in [5.74, 6) is -1.49. The summed E-state index contributed by atoms with van der Waals surface area (Å²) >= 11 is 0. The van der Waals surface area contributed by atoms with E-state index in [2.05, 4.69) is 10.2 Å². The largest absolute Gasteiger partial charge is 0.488 e. The second-order valence-corrected chi connectivity index (χ2v) is 10.9. The third-order valence-electron chi connectivity index (χ3n) is 8.24. The molecule has 43 heavy (non-hydrogen) atoms. The number of anilines is 1. The van der Waals surface area contributed by atoms with E-state index in [9.17, 15) is 18.8 Å². The summed E-state index contributed by atoms with van der Waals surface area (Å²) in [6, 6.07) is 15.8. The van der Waals surface area contributed by atoms with E-state index in [1.165, 1.54) is 17.0 Å². The average Bonchev–Trinajstić information content (AvgIpc) is 3.33. The lowest BCUT2D eigenvalue weighted by molar-refractivity contribution is -0.136. The number of amides is 3. The summed E-state index contributed by atoms with van der Waals surface area (Å²) in [7, 11) is 0. The number of rotatable bonds is 7. The summed E-state index contributed by atoms with van der Waals surface area (Å²) in [4.78, 5) is 42.5. The first-order valence-corrected chi connectivity index (χ1v) is 14.1. The third kappa shape index (κ3) is 5.79. The van der Waals surface area contributed by atoms with E-state index in [4.69, 9.17) is 10.00 Å². The Morgan fingerprint density at radius 2 is 1.79 bits per heavy atom. The lowest BCUT2D eigenvalue weighted by atomic mass is 10.0. The Kier molecular flexibility index (Phi) is 7.78. The van der Waals surface area contributed by atoms with Crippen LogP contribution >= 0.6 is 0 Å². The van der Waals surface area contributed by atoms with Gasteiger partial charge in [0.05, 0.1) is 23.9 Å². The van der Waals surface area contributed by atoms with Gasteiger partial charge < -0.3 is 14.5 Å². The number of halogens is 2. The maximum atomic E-state index is 15.1. The molecule has 0 radical (unpaired) electrons. The summed E-state index contributed by atoms with van der Waals surface area (Å²) in [6.07, 6.45) is 0.438. The van der Waals surface area contributed by atoms with Gasteiger partial charge in [0.15, 0.2) is 0 Å². The number of nitriles is 1. The molecule has 0 aromatic heterocycles. The predicted octanol–water partition coefficient (Wildman–Crippen LogP) is 3.50. The van der Waals surface area contributed by atoms with Crippen LogP contribution in [0.5, 0.6) is 5.75 Å². The Labute approximate surface area is 247 Å². The van der Waals surface area contributed by atoms with E-state index >= 15 is 4.39 Å². The Bertz CT molecular complexity index is 1650. The summed E-state index contributed by atoms with van der Waals surface area (Å²) in [6.45, 7) is 3.27. The number of hydrogen-bond acceptors (Lipinski definition) is 7. The number of hydrogen-bond donors (Lipinski definition) is 1. The number of carbonyl (C=O) groups is 3. The van der Waals surface area contributed by atoms with Crippen molar-refractivity contribution in [2.45, 2.75) is 38.6 Å². The highest BCUT2D eigenvalue weighted by molar-refractivity contribution is 6.05. The van der Waals surface area contributed by atoms with Gasteiger partial charge in [-0.25, -0.2) is 8.78 Å². The summed E-state index contributed by atoms with van der Waals surface area (Å²) < 4.78 is 35.5. The predicted molar refractivity (Wildman–Crippen MR) is 152 cm³/mol. The van der Waals surface area contributed by atoms with Crippen molar-refractivity contribution in [3.63, 3.8) is 0 Å². The first-order chi connectivity index (χ1) is 20.8. The molecule has 6 rings (SSSR count). The molecule has 3 aromatic carbocycles. The van der Waals surface area contributed by atoms with Crippen molar-refractivity contribution >= 4 is 23.4 Å². The van der Waals surface area contributed by atoms with Crippen molar-refractivity contribution in [1.29, 1.82) is 5.26 Å². The van der Waals surface area contributed by atoms with Gasteiger partial charge in [-0.05, 0) is 48.4 Å².